The quantitative estimate of drug-likeness (QED) is 0.209. The van der Waals surface area contributed by atoms with Gasteiger partial charge in [-0.3, -0.25) is 0 Å². The Bertz CT molecular complexity index is 1950. The molecule has 2 heterocycles. The highest BCUT2D eigenvalue weighted by Crippen LogP contribution is 2.42. The van der Waals surface area contributed by atoms with Crippen molar-refractivity contribution >= 4 is 32.7 Å². The summed E-state index contributed by atoms with van der Waals surface area (Å²) < 4.78 is 66.0. The first kappa shape index (κ1) is 22.8. The molecule has 0 aliphatic carbocycles. The van der Waals surface area contributed by atoms with Crippen molar-refractivity contribution < 1.29 is 24.9 Å². The van der Waals surface area contributed by atoms with Crippen LogP contribution in [0.2, 0.25) is 0 Å². The third-order valence-electron chi connectivity index (χ3n) is 7.53. The number of alkyl halides is 3. The predicted octanol–water partition coefficient (Wildman–Crippen LogP) is 9.34. The van der Waals surface area contributed by atoms with Crippen molar-refractivity contribution in [2.24, 2.45) is 12.5 Å². The fourth-order valence-corrected chi connectivity index (χ4v) is 5.20. The third-order valence-corrected chi connectivity index (χ3v) is 7.53. The summed E-state index contributed by atoms with van der Waals surface area (Å²) in [5.41, 5.74) is 3.61. The van der Waals surface area contributed by atoms with Gasteiger partial charge in [-0.1, -0.05) is 80.6 Å². The van der Waals surface area contributed by atoms with Gasteiger partial charge in [0.2, 0.25) is 5.69 Å². The lowest BCUT2D eigenvalue weighted by molar-refractivity contribution is -0.660. The van der Waals surface area contributed by atoms with E-state index in [2.05, 4.69) is 30.3 Å². The molecule has 6 rings (SSSR count). The van der Waals surface area contributed by atoms with Gasteiger partial charge in [0, 0.05) is 25.6 Å². The molecule has 0 saturated heterocycles. The number of benzene rings is 4. The Morgan fingerprint density at radius 3 is 2.33 bits per heavy atom. The van der Waals surface area contributed by atoms with Crippen molar-refractivity contribution in [3.05, 3.63) is 102 Å². The fraction of sp³-hybridized carbons (Fsp3) is 0.206. The van der Waals surface area contributed by atoms with E-state index in [-0.39, 0.29) is 5.56 Å². The van der Waals surface area contributed by atoms with Crippen LogP contribution in [0.4, 0.5) is 13.2 Å². The molecule has 0 fully saturated rings. The van der Waals surface area contributed by atoms with Gasteiger partial charge in [0.05, 0.1) is 11.0 Å². The number of pyridine rings is 1. The average molecular weight is 527 g/mol. The Labute approximate surface area is 228 Å². The third kappa shape index (κ3) is 4.26. The zero-order valence-corrected chi connectivity index (χ0v) is 22.1. The summed E-state index contributed by atoms with van der Waals surface area (Å²) in [6.45, 7) is 3.84. The smallest absolute Gasteiger partial charge is 0.394 e. The fourth-order valence-electron chi connectivity index (χ4n) is 5.20. The second-order valence-corrected chi connectivity index (χ2v) is 10.6. The van der Waals surface area contributed by atoms with E-state index in [0.717, 1.165) is 74.5 Å². The molecular formula is C34H29F3NO+. The van der Waals surface area contributed by atoms with Crippen LogP contribution in [0.15, 0.2) is 95.5 Å². The molecule has 0 saturated carbocycles. The van der Waals surface area contributed by atoms with Crippen LogP contribution in [0.1, 0.15) is 27.7 Å². The van der Waals surface area contributed by atoms with Crippen LogP contribution in [0.5, 0.6) is 0 Å². The molecule has 2 nitrogen and oxygen atoms in total. The number of rotatable bonds is 4. The van der Waals surface area contributed by atoms with Gasteiger partial charge in [0.1, 0.15) is 18.2 Å². The van der Waals surface area contributed by atoms with Crippen molar-refractivity contribution in [3.8, 4) is 22.4 Å². The number of furan rings is 1. The first-order valence-corrected chi connectivity index (χ1v) is 12.8. The summed E-state index contributed by atoms with van der Waals surface area (Å²) in [4.78, 5) is 0. The Morgan fingerprint density at radius 2 is 1.59 bits per heavy atom. The van der Waals surface area contributed by atoms with Gasteiger partial charge in [0.15, 0.2) is 6.20 Å². The molecule has 0 unspecified atom stereocenters. The standard InChI is InChI=1S/C34H29F3NO/c1-21-9-15-27-31-26-8-6-5-7-24(26)14-16-29(31)39-32(27)30(21)28-19-25(17-18-38(28)4)23-12-10-22(11-13-23)20-33(2,3)34(35,36)37/h5-19H,20H2,1-4H3/q+1/i20D2. The lowest BCUT2D eigenvalue weighted by Gasteiger charge is -2.27. The molecule has 0 atom stereocenters. The van der Waals surface area contributed by atoms with E-state index in [9.17, 15) is 13.2 Å². The van der Waals surface area contributed by atoms with Crippen LogP contribution in [-0.4, -0.2) is 6.18 Å². The molecule has 39 heavy (non-hydrogen) atoms. The Balaban J connectivity index is 1.47. The van der Waals surface area contributed by atoms with Gasteiger partial charge in [-0.25, -0.2) is 4.57 Å². The number of hydrogen-bond acceptors (Lipinski definition) is 1. The van der Waals surface area contributed by atoms with E-state index >= 15 is 0 Å². The van der Waals surface area contributed by atoms with Crippen molar-refractivity contribution in [2.45, 2.75) is 33.3 Å². The molecular weight excluding hydrogens is 495 g/mol. The van der Waals surface area contributed by atoms with Gasteiger partial charge >= 0.3 is 6.18 Å². The number of halogens is 3. The lowest BCUT2D eigenvalue weighted by Crippen LogP contribution is -2.34. The molecule has 0 amide bonds. The molecule has 0 aliphatic rings. The summed E-state index contributed by atoms with van der Waals surface area (Å²) in [7, 11) is 1.96. The van der Waals surface area contributed by atoms with E-state index in [1.165, 1.54) is 12.1 Å². The van der Waals surface area contributed by atoms with Crippen LogP contribution >= 0.6 is 0 Å². The first-order valence-electron chi connectivity index (χ1n) is 13.8. The molecule has 0 N–H and O–H groups in total. The summed E-state index contributed by atoms with van der Waals surface area (Å²) in [6.07, 6.45) is -5.35. The SMILES string of the molecule is [2H]C([2H])(c1ccc(-c2cc[n+](C)c(-c3c(C)ccc4c3oc3ccc5ccccc5c34)c2)cc1)C(C)(C)C(F)(F)F. The maximum Gasteiger partial charge on any atom is 0.394 e. The summed E-state index contributed by atoms with van der Waals surface area (Å²) >= 11 is 0. The molecule has 0 spiro atoms. The largest absolute Gasteiger partial charge is 0.455 e. The maximum atomic E-state index is 13.6. The first-order chi connectivity index (χ1) is 19.3. The highest BCUT2D eigenvalue weighted by molar-refractivity contribution is 6.20. The topological polar surface area (TPSA) is 17.0 Å². The van der Waals surface area contributed by atoms with Crippen LogP contribution < -0.4 is 4.57 Å². The van der Waals surface area contributed by atoms with Gasteiger partial charge in [-0.2, -0.15) is 13.2 Å². The van der Waals surface area contributed by atoms with E-state index in [0.29, 0.717) is 0 Å². The summed E-state index contributed by atoms with van der Waals surface area (Å²) in [6, 6.07) is 26.8. The normalized spacial score (nSPS) is 13.7. The number of nitrogens with zero attached hydrogens (tertiary/aromatic N) is 1. The van der Waals surface area contributed by atoms with E-state index in [1.54, 1.807) is 12.1 Å². The van der Waals surface area contributed by atoms with Crippen molar-refractivity contribution in [2.75, 3.05) is 0 Å². The molecule has 196 valence electrons. The zero-order chi connectivity index (χ0) is 29.3. The molecule has 0 aliphatic heterocycles. The number of aryl methyl sites for hydroxylation is 2. The van der Waals surface area contributed by atoms with Gasteiger partial charge in [-0.05, 0) is 52.4 Å². The van der Waals surface area contributed by atoms with Crippen molar-refractivity contribution in [1.29, 1.82) is 0 Å². The molecule has 2 aromatic heterocycles. The average Bonchev–Trinajstić information content (AvgIpc) is 3.32. The summed E-state index contributed by atoms with van der Waals surface area (Å²) in [5.74, 6) is 0. The number of aromatic nitrogens is 1. The van der Waals surface area contributed by atoms with Crippen molar-refractivity contribution in [1.82, 2.24) is 0 Å². The molecule has 0 radical (unpaired) electrons. The van der Waals surface area contributed by atoms with E-state index < -0.39 is 18.0 Å². The Morgan fingerprint density at radius 1 is 0.846 bits per heavy atom. The van der Waals surface area contributed by atoms with Crippen LogP contribution in [-0.2, 0) is 13.4 Å². The van der Waals surface area contributed by atoms with E-state index in [1.807, 2.05) is 55.1 Å². The highest BCUT2D eigenvalue weighted by atomic mass is 19.4. The molecule has 4 aromatic carbocycles. The predicted molar refractivity (Wildman–Crippen MR) is 152 cm³/mol. The van der Waals surface area contributed by atoms with Crippen molar-refractivity contribution in [3.63, 3.8) is 0 Å². The van der Waals surface area contributed by atoms with Gasteiger partial charge < -0.3 is 4.42 Å². The van der Waals surface area contributed by atoms with Crippen LogP contribution in [0.3, 0.4) is 0 Å². The highest BCUT2D eigenvalue weighted by Gasteiger charge is 2.46. The van der Waals surface area contributed by atoms with Gasteiger partial charge in [0.25, 0.3) is 0 Å². The van der Waals surface area contributed by atoms with Crippen LogP contribution in [0, 0.1) is 12.3 Å². The summed E-state index contributed by atoms with van der Waals surface area (Å²) in [5, 5.41) is 4.38. The Hall–Kier alpha value is -4.12. The minimum absolute atomic E-state index is 0.0135. The number of hydrogen-bond donors (Lipinski definition) is 0. The monoisotopic (exact) mass is 526 g/mol. The molecule has 0 bridgehead atoms. The van der Waals surface area contributed by atoms with E-state index in [4.69, 9.17) is 7.16 Å². The second kappa shape index (κ2) is 8.98. The second-order valence-electron chi connectivity index (χ2n) is 10.6. The van der Waals surface area contributed by atoms with Gasteiger partial charge in [-0.15, -0.1) is 0 Å². The lowest BCUT2D eigenvalue weighted by atomic mass is 9.84. The number of fused-ring (bicyclic) bond motifs is 5. The zero-order valence-electron chi connectivity index (χ0n) is 24.1. The molecule has 6 aromatic rings. The van der Waals surface area contributed by atoms with Crippen LogP contribution in [0.25, 0.3) is 55.1 Å². The Kier molecular flexibility index (Phi) is 5.25. The minimum Gasteiger partial charge on any atom is -0.455 e. The maximum absolute atomic E-state index is 13.6. The minimum atomic E-state index is -4.69. The molecule has 5 heteroatoms.